The van der Waals surface area contributed by atoms with E-state index in [1.807, 2.05) is 5.38 Å². The van der Waals surface area contributed by atoms with Crippen LogP contribution in [0.2, 0.25) is 0 Å². The monoisotopic (exact) mass is 236 g/mol. The van der Waals surface area contributed by atoms with Crippen LogP contribution < -0.4 is 11.5 Å². The minimum Gasteiger partial charge on any atom is -0.352 e. The lowest BCUT2D eigenvalue weighted by Gasteiger charge is -1.62. The van der Waals surface area contributed by atoms with Gasteiger partial charge in [0.15, 0.2) is 0 Å². The molecule has 0 unspecified atom stereocenters. The summed E-state index contributed by atoms with van der Waals surface area (Å²) in [6.45, 7) is 6.00. The number of primary amides is 2. The van der Waals surface area contributed by atoms with Crippen LogP contribution in [0.1, 0.15) is 0 Å². The second-order valence-electron chi connectivity index (χ2n) is 1.32. The van der Waals surface area contributed by atoms with E-state index in [0.717, 1.165) is 0 Å². The van der Waals surface area contributed by atoms with Crippen LogP contribution in [0.15, 0.2) is 30.2 Å². The fraction of sp³-hybridized carbons (Fsp3) is 0. The van der Waals surface area contributed by atoms with Gasteiger partial charge in [-0.25, -0.2) is 4.79 Å². The minimum absolute atomic E-state index is 0.833. The van der Waals surface area contributed by atoms with Crippen LogP contribution >= 0.6 is 11.3 Å². The number of nitrogens with zero attached hydrogens (tertiary/aromatic N) is 2. The highest BCUT2D eigenvalue weighted by atomic mass is 32.1. The number of hydrogen-bond donors (Lipinski definition) is 3. The van der Waals surface area contributed by atoms with E-state index in [4.69, 9.17) is 20.1 Å². The largest absolute Gasteiger partial charge is 0.352 e. The van der Waals surface area contributed by atoms with Crippen molar-refractivity contribution in [2.45, 2.75) is 0 Å². The molecule has 0 saturated carbocycles. The molecule has 0 atom stereocenters. The lowest BCUT2D eigenvalue weighted by Crippen LogP contribution is -2.18. The summed E-state index contributed by atoms with van der Waals surface area (Å²) in [5, 5.41) is 15.6. The zero-order chi connectivity index (χ0) is 12.7. The molecule has 0 aliphatic carbocycles. The molecule has 0 bridgehead atoms. The Morgan fingerprint density at radius 3 is 1.93 bits per heavy atom. The van der Waals surface area contributed by atoms with E-state index >= 15 is 0 Å². The van der Waals surface area contributed by atoms with Gasteiger partial charge in [0.05, 0.1) is 5.51 Å². The Morgan fingerprint density at radius 1 is 1.53 bits per heavy atom. The van der Waals surface area contributed by atoms with Crippen molar-refractivity contribution in [1.29, 1.82) is 0 Å². The molecule has 0 aromatic carbocycles. The molecule has 0 saturated heterocycles. The Balaban J connectivity index is -0.000000135. The molecule has 9 heteroatoms. The first-order valence-corrected chi connectivity index (χ1v) is 4.11. The Bertz CT molecular complexity index is 204. The predicted octanol–water partition coefficient (Wildman–Crippen LogP) is 0.621. The van der Waals surface area contributed by atoms with Gasteiger partial charge in [0.1, 0.15) is 0 Å². The van der Waals surface area contributed by atoms with Crippen molar-refractivity contribution >= 4 is 17.4 Å². The summed E-state index contributed by atoms with van der Waals surface area (Å²) in [4.78, 5) is 21.1. The van der Waals surface area contributed by atoms with Crippen LogP contribution in [0.3, 0.4) is 0 Å². The van der Waals surface area contributed by atoms with Crippen molar-refractivity contribution in [2.24, 2.45) is 11.5 Å². The number of carbonyl (C=O) groups is 1. The molecule has 8 nitrogen and oxygen atoms in total. The van der Waals surface area contributed by atoms with Crippen LogP contribution in [-0.2, 0) is 0 Å². The first-order valence-electron chi connectivity index (χ1n) is 3.17. The number of nitrogens with two attached hydrogens (primary N) is 2. The number of amides is 2. The predicted molar refractivity (Wildman–Crippen MR) is 55.9 cm³/mol. The summed E-state index contributed by atoms with van der Waals surface area (Å²) >= 11 is 1.60. The van der Waals surface area contributed by atoms with Crippen molar-refractivity contribution in [3.8, 4) is 0 Å². The van der Waals surface area contributed by atoms with Crippen LogP contribution in [0.4, 0.5) is 4.79 Å². The topological polar surface area (TPSA) is 145 Å². The Morgan fingerprint density at radius 2 is 1.87 bits per heavy atom. The van der Waals surface area contributed by atoms with Gasteiger partial charge in [0.25, 0.3) is 5.09 Å². The number of carbonyl (C=O) groups excluding carboxylic acids is 1. The maximum Gasteiger partial charge on any atom is 0.309 e. The SMILES string of the molecule is C=C.NC(N)=O.O=[N+]([O-])O.c1cscn1. The molecule has 5 N–H and O–H groups in total. The van der Waals surface area contributed by atoms with E-state index in [2.05, 4.69) is 29.6 Å². The van der Waals surface area contributed by atoms with E-state index < -0.39 is 11.1 Å². The highest BCUT2D eigenvalue weighted by Crippen LogP contribution is 1.85. The molecule has 0 aliphatic heterocycles. The van der Waals surface area contributed by atoms with Crippen molar-refractivity contribution in [3.05, 3.63) is 40.4 Å². The lowest BCUT2D eigenvalue weighted by atomic mass is 11.0. The van der Waals surface area contributed by atoms with Gasteiger partial charge in [-0.15, -0.1) is 34.6 Å². The quantitative estimate of drug-likeness (QED) is 0.343. The van der Waals surface area contributed by atoms with Gasteiger partial charge >= 0.3 is 6.03 Å². The van der Waals surface area contributed by atoms with E-state index in [0.29, 0.717) is 0 Å². The van der Waals surface area contributed by atoms with Crippen LogP contribution in [0, 0.1) is 10.1 Å². The summed E-state index contributed by atoms with van der Waals surface area (Å²) in [5.74, 6) is 0. The highest BCUT2D eigenvalue weighted by Gasteiger charge is 1.65. The summed E-state index contributed by atoms with van der Waals surface area (Å²) in [6, 6.07) is -0.833. The average molecular weight is 236 g/mol. The molecule has 15 heavy (non-hydrogen) atoms. The Labute approximate surface area is 90.0 Å². The summed E-state index contributed by atoms with van der Waals surface area (Å²) in [6.07, 6.45) is 1.77. The van der Waals surface area contributed by atoms with E-state index in [1.165, 1.54) is 0 Å². The number of thiazole rings is 1. The maximum atomic E-state index is 9.00. The maximum absolute atomic E-state index is 9.00. The first-order chi connectivity index (χ1) is 6.96. The lowest BCUT2D eigenvalue weighted by molar-refractivity contribution is -0.742. The zero-order valence-corrected chi connectivity index (χ0v) is 8.59. The number of urea groups is 1. The van der Waals surface area contributed by atoms with E-state index in [-0.39, 0.29) is 0 Å². The van der Waals surface area contributed by atoms with Crippen LogP contribution in [-0.4, -0.2) is 21.3 Å². The third-order valence-electron chi connectivity index (χ3n) is 0.347. The van der Waals surface area contributed by atoms with E-state index in [1.54, 1.807) is 23.0 Å². The molecular weight excluding hydrogens is 224 g/mol. The van der Waals surface area contributed by atoms with Crippen molar-refractivity contribution in [2.75, 3.05) is 0 Å². The van der Waals surface area contributed by atoms with Gasteiger partial charge < -0.3 is 16.7 Å². The van der Waals surface area contributed by atoms with Gasteiger partial charge in [-0.2, -0.15) is 0 Å². The summed E-state index contributed by atoms with van der Waals surface area (Å²) in [7, 11) is 0. The normalized spacial score (nSPS) is 6.13. The van der Waals surface area contributed by atoms with Crippen LogP contribution in [0.25, 0.3) is 0 Å². The van der Waals surface area contributed by atoms with Gasteiger partial charge in [0.2, 0.25) is 0 Å². The van der Waals surface area contributed by atoms with E-state index in [9.17, 15) is 0 Å². The Kier molecular flexibility index (Phi) is 22.1. The first kappa shape index (κ1) is 18.6. The molecule has 2 amide bonds. The molecule has 0 fully saturated rings. The molecular formula is C6H12N4O4S. The molecule has 1 rings (SSSR count). The van der Waals surface area contributed by atoms with Crippen molar-refractivity contribution in [1.82, 2.24) is 4.98 Å². The highest BCUT2D eigenvalue weighted by molar-refractivity contribution is 7.07. The third-order valence-corrected chi connectivity index (χ3v) is 0.869. The van der Waals surface area contributed by atoms with Gasteiger partial charge in [-0.05, 0) is 0 Å². The standard InChI is InChI=1S/C3H3NS.C2H4.CH4N2O.HNO3/c1-2-5-3-4-1;1-2;2*2-1(3)4/h1-3H;1-2H2;(H4,2,3,4);(H,2,3,4). The number of rotatable bonds is 0. The molecule has 0 spiro atoms. The average Bonchev–Trinajstić information content (AvgIpc) is 2.61. The fourth-order valence-electron chi connectivity index (χ4n) is 0.176. The second-order valence-corrected chi connectivity index (χ2v) is 2.07. The summed E-state index contributed by atoms with van der Waals surface area (Å²) in [5.41, 5.74) is 10.3. The smallest absolute Gasteiger partial charge is 0.309 e. The Hall–Kier alpha value is -2.16. The number of hydrogen-bond acceptors (Lipinski definition) is 5. The minimum atomic E-state index is -1.50. The zero-order valence-electron chi connectivity index (χ0n) is 7.78. The van der Waals surface area contributed by atoms with Crippen LogP contribution in [0.5, 0.6) is 0 Å². The number of aromatic nitrogens is 1. The molecule has 1 heterocycles. The molecule has 1 aromatic rings. The summed E-state index contributed by atoms with van der Waals surface area (Å²) < 4.78 is 0. The van der Waals surface area contributed by atoms with Gasteiger partial charge in [0, 0.05) is 11.6 Å². The molecule has 86 valence electrons. The van der Waals surface area contributed by atoms with Crippen molar-refractivity contribution < 1.29 is 15.1 Å². The second kappa shape index (κ2) is 17.8. The van der Waals surface area contributed by atoms with Gasteiger partial charge in [-0.3, -0.25) is 4.98 Å². The van der Waals surface area contributed by atoms with Gasteiger partial charge in [-0.1, -0.05) is 0 Å². The molecule has 0 radical (unpaired) electrons. The van der Waals surface area contributed by atoms with Crippen molar-refractivity contribution in [3.63, 3.8) is 0 Å². The fourth-order valence-corrected chi connectivity index (χ4v) is 0.527. The molecule has 1 aromatic heterocycles. The molecule has 0 aliphatic rings. The third kappa shape index (κ3) is 142.